The van der Waals surface area contributed by atoms with E-state index in [0.717, 1.165) is 0 Å². The molecule has 4 aliphatic heterocycles. The highest BCUT2D eigenvalue weighted by atomic mass is 16.8. The van der Waals surface area contributed by atoms with Gasteiger partial charge in [0.15, 0.2) is 23.4 Å². The highest BCUT2D eigenvalue weighted by molar-refractivity contribution is 5.79. The van der Waals surface area contributed by atoms with Crippen LogP contribution in [0.5, 0.6) is 0 Å². The number of fused-ring (bicyclic) bond motifs is 1. The second kappa shape index (κ2) is 6.60. The minimum Gasteiger partial charge on any atom is -0.467 e. The molecule has 9 heteroatoms. The summed E-state index contributed by atoms with van der Waals surface area (Å²) in [7, 11) is 1.36. The Morgan fingerprint density at radius 1 is 1.00 bits per heavy atom. The van der Waals surface area contributed by atoms with Crippen LogP contribution in [0.4, 0.5) is 0 Å². The first-order chi connectivity index (χ1) is 12.9. The van der Waals surface area contributed by atoms with Gasteiger partial charge in [0.05, 0.1) is 13.7 Å². The summed E-state index contributed by atoms with van der Waals surface area (Å²) in [6.45, 7) is 11.6. The predicted molar refractivity (Wildman–Crippen MR) is 94.8 cm³/mol. The van der Waals surface area contributed by atoms with Crippen LogP contribution in [0.1, 0.15) is 48.0 Å². The molecule has 0 amide bonds. The molecule has 4 rings (SSSR count). The van der Waals surface area contributed by atoms with Gasteiger partial charge in [0.2, 0.25) is 0 Å². The molecular formula is C19H31NO8. The lowest BCUT2D eigenvalue weighted by Crippen LogP contribution is -2.46. The first-order valence-electron chi connectivity index (χ1n) is 9.83. The van der Waals surface area contributed by atoms with Crippen LogP contribution in [-0.2, 0) is 38.1 Å². The van der Waals surface area contributed by atoms with E-state index in [9.17, 15) is 4.79 Å². The molecule has 0 aliphatic carbocycles. The average Bonchev–Trinajstić information content (AvgIpc) is 3.28. The van der Waals surface area contributed by atoms with Crippen LogP contribution < -0.4 is 0 Å². The van der Waals surface area contributed by atoms with Gasteiger partial charge >= 0.3 is 5.97 Å². The molecule has 0 radical (unpaired) electrons. The van der Waals surface area contributed by atoms with Crippen LogP contribution in [0.3, 0.4) is 0 Å². The third-order valence-electron chi connectivity index (χ3n) is 5.76. The first kappa shape index (κ1) is 20.5. The van der Waals surface area contributed by atoms with Crippen molar-refractivity contribution in [3.05, 3.63) is 0 Å². The maximum Gasteiger partial charge on any atom is 0.340 e. The van der Waals surface area contributed by atoms with Crippen LogP contribution in [0, 0.1) is 0 Å². The Balaban J connectivity index is 1.57. The summed E-state index contributed by atoms with van der Waals surface area (Å²) in [5.74, 6) is -1.83. The van der Waals surface area contributed by atoms with Crippen molar-refractivity contribution in [2.45, 2.75) is 102 Å². The fourth-order valence-corrected chi connectivity index (χ4v) is 4.64. The zero-order valence-electron chi connectivity index (χ0n) is 17.6. The third kappa shape index (κ3) is 3.36. The van der Waals surface area contributed by atoms with Crippen molar-refractivity contribution >= 4 is 5.97 Å². The molecule has 0 spiro atoms. The lowest BCUT2D eigenvalue weighted by atomic mass is 9.99. The van der Waals surface area contributed by atoms with Crippen molar-refractivity contribution in [1.29, 1.82) is 0 Å². The van der Waals surface area contributed by atoms with Gasteiger partial charge in [-0.2, -0.15) is 5.06 Å². The minimum absolute atomic E-state index is 0.0713. The topological polar surface area (TPSA) is 84.9 Å². The van der Waals surface area contributed by atoms with Gasteiger partial charge in [0.25, 0.3) is 0 Å². The summed E-state index contributed by atoms with van der Waals surface area (Å²) < 4.78 is 35.3. The monoisotopic (exact) mass is 401 g/mol. The van der Waals surface area contributed by atoms with Crippen LogP contribution in [-0.4, -0.2) is 78.6 Å². The van der Waals surface area contributed by atoms with E-state index in [1.54, 1.807) is 12.0 Å². The lowest BCUT2D eigenvalue weighted by Gasteiger charge is -2.32. The van der Waals surface area contributed by atoms with Gasteiger partial charge in [-0.3, -0.25) is 4.84 Å². The molecule has 4 saturated heterocycles. The third-order valence-corrected chi connectivity index (χ3v) is 5.76. The Kier molecular flexibility index (Phi) is 4.82. The maximum atomic E-state index is 12.2. The molecule has 9 nitrogen and oxygen atoms in total. The number of carbonyl (C=O) groups excluding carboxylic acids is 1. The summed E-state index contributed by atoms with van der Waals surface area (Å²) in [6, 6.07) is -0.0713. The van der Waals surface area contributed by atoms with Crippen molar-refractivity contribution in [1.82, 2.24) is 5.06 Å². The van der Waals surface area contributed by atoms with Gasteiger partial charge < -0.3 is 28.4 Å². The van der Waals surface area contributed by atoms with E-state index in [2.05, 4.69) is 0 Å². The molecule has 0 N–H and O–H groups in total. The van der Waals surface area contributed by atoms with Gasteiger partial charge in [-0.25, -0.2) is 4.79 Å². The average molecular weight is 401 g/mol. The van der Waals surface area contributed by atoms with E-state index in [0.29, 0.717) is 13.0 Å². The summed E-state index contributed by atoms with van der Waals surface area (Å²) in [5, 5.41) is 1.71. The maximum absolute atomic E-state index is 12.2. The normalized spacial score (nSPS) is 47.4. The Hall–Kier alpha value is -0.810. The molecule has 4 heterocycles. The summed E-state index contributed by atoms with van der Waals surface area (Å²) in [5.41, 5.74) is -1.06. The predicted octanol–water partition coefficient (Wildman–Crippen LogP) is 1.34. The molecule has 28 heavy (non-hydrogen) atoms. The molecular weight excluding hydrogens is 370 g/mol. The molecule has 7 atom stereocenters. The number of hydrogen-bond acceptors (Lipinski definition) is 9. The SMILES string of the molecule is COC(=O)[C@]1(C)C[C@@H](C)N([C@H]2O[C@H]([C@H]3COC(C)(C)O3)[C@@H]3OC(C)(C)O[C@@H]32)O1. The van der Waals surface area contributed by atoms with E-state index in [-0.39, 0.29) is 30.5 Å². The van der Waals surface area contributed by atoms with Gasteiger partial charge in [0, 0.05) is 12.5 Å². The van der Waals surface area contributed by atoms with E-state index in [4.69, 9.17) is 33.3 Å². The molecule has 0 aromatic carbocycles. The Labute approximate surface area is 165 Å². The largest absolute Gasteiger partial charge is 0.467 e. The molecule has 4 aliphatic rings. The zero-order valence-corrected chi connectivity index (χ0v) is 17.6. The smallest absolute Gasteiger partial charge is 0.340 e. The number of hydrogen-bond donors (Lipinski definition) is 0. The highest BCUT2D eigenvalue weighted by Crippen LogP contribution is 2.45. The van der Waals surface area contributed by atoms with Crippen LogP contribution in [0.25, 0.3) is 0 Å². The Morgan fingerprint density at radius 2 is 1.68 bits per heavy atom. The number of methoxy groups -OCH3 is 1. The van der Waals surface area contributed by atoms with Crippen molar-refractivity contribution < 1.29 is 38.1 Å². The standard InChI is InChI=1S/C19H31NO8/c1-10-8-19(6,16(21)22-7)28-20(10)15-14-13(26-18(4,5)27-14)12(24-15)11-9-23-17(2,3)25-11/h10-15H,8-9H2,1-7H3/t10-,11-,12-,13+,14+,15+,19+/m1/s1. The second-order valence-corrected chi connectivity index (χ2v) is 9.15. The van der Waals surface area contributed by atoms with E-state index in [1.807, 2.05) is 34.6 Å². The number of carbonyl (C=O) groups is 1. The minimum atomic E-state index is -1.06. The van der Waals surface area contributed by atoms with E-state index in [1.165, 1.54) is 7.11 Å². The second-order valence-electron chi connectivity index (χ2n) is 9.15. The van der Waals surface area contributed by atoms with Gasteiger partial charge in [-0.1, -0.05) is 0 Å². The quantitative estimate of drug-likeness (QED) is 0.650. The number of esters is 1. The molecule has 0 unspecified atom stereocenters. The van der Waals surface area contributed by atoms with Crippen molar-refractivity contribution in [2.75, 3.05) is 13.7 Å². The van der Waals surface area contributed by atoms with Crippen molar-refractivity contribution in [3.8, 4) is 0 Å². The summed E-state index contributed by atoms with van der Waals surface area (Å²) >= 11 is 0. The van der Waals surface area contributed by atoms with E-state index >= 15 is 0 Å². The van der Waals surface area contributed by atoms with Crippen LogP contribution >= 0.6 is 0 Å². The molecule has 0 aromatic heterocycles. The van der Waals surface area contributed by atoms with Crippen molar-refractivity contribution in [3.63, 3.8) is 0 Å². The first-order valence-corrected chi connectivity index (χ1v) is 9.83. The molecule has 4 fully saturated rings. The molecule has 0 bridgehead atoms. The van der Waals surface area contributed by atoms with Gasteiger partial charge in [0.1, 0.15) is 24.4 Å². The number of hydroxylamine groups is 2. The zero-order chi connectivity index (χ0) is 20.5. The van der Waals surface area contributed by atoms with Crippen LogP contribution in [0.2, 0.25) is 0 Å². The molecule has 0 saturated carbocycles. The fraction of sp³-hybridized carbons (Fsp3) is 0.947. The van der Waals surface area contributed by atoms with Gasteiger partial charge in [-0.15, -0.1) is 0 Å². The highest BCUT2D eigenvalue weighted by Gasteiger charge is 2.63. The number of rotatable bonds is 3. The summed E-state index contributed by atoms with van der Waals surface area (Å²) in [4.78, 5) is 18.3. The fourth-order valence-electron chi connectivity index (χ4n) is 4.64. The van der Waals surface area contributed by atoms with E-state index < -0.39 is 29.4 Å². The van der Waals surface area contributed by atoms with Crippen molar-refractivity contribution in [2.24, 2.45) is 0 Å². The summed E-state index contributed by atoms with van der Waals surface area (Å²) in [6.07, 6.45) is -1.42. The number of ether oxygens (including phenoxy) is 6. The van der Waals surface area contributed by atoms with Gasteiger partial charge in [-0.05, 0) is 41.5 Å². The Bertz CT molecular complexity index is 639. The molecule has 0 aromatic rings. The molecule has 160 valence electrons. The van der Waals surface area contributed by atoms with Crippen LogP contribution in [0.15, 0.2) is 0 Å². The lowest BCUT2D eigenvalue weighted by molar-refractivity contribution is -0.302. The Morgan fingerprint density at radius 3 is 2.29 bits per heavy atom. The number of nitrogens with zero attached hydrogens (tertiary/aromatic N) is 1.